The molecule has 0 amide bonds. The van der Waals surface area contributed by atoms with Gasteiger partial charge in [0.2, 0.25) is 0 Å². The molecule has 1 aromatic carbocycles. The molecule has 0 fully saturated rings. The Morgan fingerprint density at radius 2 is 1.91 bits per heavy atom. The van der Waals surface area contributed by atoms with Gasteiger partial charge in [-0.2, -0.15) is 0 Å². The summed E-state index contributed by atoms with van der Waals surface area (Å²) in [6, 6.07) is 12.6. The van der Waals surface area contributed by atoms with Crippen molar-refractivity contribution in [2.24, 2.45) is 0 Å². The SMILES string of the molecule is CCC(CCCC(C)Nc1ccccc1Cl)Nc1ccco1. The van der Waals surface area contributed by atoms with Crippen LogP contribution in [0.4, 0.5) is 11.6 Å². The third kappa shape index (κ3) is 5.30. The quantitative estimate of drug-likeness (QED) is 0.613. The minimum absolute atomic E-state index is 0.404. The van der Waals surface area contributed by atoms with Crippen molar-refractivity contribution in [3.63, 3.8) is 0 Å². The van der Waals surface area contributed by atoms with E-state index in [4.69, 9.17) is 16.0 Å². The maximum atomic E-state index is 6.17. The lowest BCUT2D eigenvalue weighted by atomic mass is 10.0. The van der Waals surface area contributed by atoms with E-state index in [1.54, 1.807) is 6.26 Å². The summed E-state index contributed by atoms with van der Waals surface area (Å²) >= 11 is 6.17. The number of hydrogen-bond acceptors (Lipinski definition) is 3. The molecule has 2 atom stereocenters. The lowest BCUT2D eigenvalue weighted by Crippen LogP contribution is -2.20. The third-order valence-electron chi connectivity index (χ3n) is 3.83. The number of para-hydroxylation sites is 1. The number of anilines is 2. The molecule has 0 radical (unpaired) electrons. The number of halogens is 1. The fourth-order valence-corrected chi connectivity index (χ4v) is 2.72. The third-order valence-corrected chi connectivity index (χ3v) is 4.16. The predicted molar refractivity (Wildman–Crippen MR) is 94.8 cm³/mol. The zero-order valence-electron chi connectivity index (χ0n) is 13.3. The van der Waals surface area contributed by atoms with E-state index in [1.807, 2.05) is 36.4 Å². The van der Waals surface area contributed by atoms with Crippen LogP contribution >= 0.6 is 11.6 Å². The van der Waals surface area contributed by atoms with Crippen LogP contribution in [0.5, 0.6) is 0 Å². The Morgan fingerprint density at radius 1 is 1.09 bits per heavy atom. The zero-order chi connectivity index (χ0) is 15.8. The van der Waals surface area contributed by atoms with Gasteiger partial charge in [-0.15, -0.1) is 0 Å². The molecular weight excluding hydrogens is 296 g/mol. The average molecular weight is 321 g/mol. The van der Waals surface area contributed by atoms with E-state index < -0.39 is 0 Å². The number of nitrogens with one attached hydrogen (secondary N) is 2. The van der Waals surface area contributed by atoms with Crippen molar-refractivity contribution >= 4 is 23.2 Å². The number of benzene rings is 1. The highest BCUT2D eigenvalue weighted by Gasteiger charge is 2.09. The zero-order valence-corrected chi connectivity index (χ0v) is 14.1. The van der Waals surface area contributed by atoms with Crippen LogP contribution < -0.4 is 10.6 Å². The Hall–Kier alpha value is -1.61. The van der Waals surface area contributed by atoms with Gasteiger partial charge in [0.1, 0.15) is 0 Å². The summed E-state index contributed by atoms with van der Waals surface area (Å²) in [6.45, 7) is 4.40. The molecule has 0 aliphatic carbocycles. The molecule has 2 unspecified atom stereocenters. The first-order chi connectivity index (χ1) is 10.7. The van der Waals surface area contributed by atoms with Crippen LogP contribution in [0.1, 0.15) is 39.5 Å². The van der Waals surface area contributed by atoms with Crippen LogP contribution in [-0.4, -0.2) is 12.1 Å². The Kier molecular flexibility index (Phi) is 6.66. The molecule has 0 saturated carbocycles. The largest absolute Gasteiger partial charge is 0.449 e. The summed E-state index contributed by atoms with van der Waals surface area (Å²) in [5.74, 6) is 0.856. The number of rotatable bonds is 9. The van der Waals surface area contributed by atoms with Crippen molar-refractivity contribution < 1.29 is 4.42 Å². The molecule has 0 spiro atoms. The predicted octanol–water partition coefficient (Wildman–Crippen LogP) is 5.79. The second-order valence-electron chi connectivity index (χ2n) is 5.68. The summed E-state index contributed by atoms with van der Waals surface area (Å²) in [5, 5.41) is 7.69. The summed E-state index contributed by atoms with van der Waals surface area (Å²) in [5.41, 5.74) is 1.01. The van der Waals surface area contributed by atoms with Crippen LogP contribution in [0.3, 0.4) is 0 Å². The van der Waals surface area contributed by atoms with Crippen molar-refractivity contribution in [1.29, 1.82) is 0 Å². The maximum absolute atomic E-state index is 6.17. The molecule has 1 heterocycles. The molecule has 3 nitrogen and oxygen atoms in total. The highest BCUT2D eigenvalue weighted by Crippen LogP contribution is 2.22. The van der Waals surface area contributed by atoms with E-state index in [0.29, 0.717) is 12.1 Å². The maximum Gasteiger partial charge on any atom is 0.192 e. The van der Waals surface area contributed by atoms with Gasteiger partial charge in [0, 0.05) is 18.2 Å². The fourth-order valence-electron chi connectivity index (χ4n) is 2.53. The minimum atomic E-state index is 0.404. The van der Waals surface area contributed by atoms with E-state index in [9.17, 15) is 0 Å². The normalized spacial score (nSPS) is 13.6. The molecule has 2 aromatic rings. The van der Waals surface area contributed by atoms with Crippen LogP contribution in [0.2, 0.25) is 5.02 Å². The van der Waals surface area contributed by atoms with Crippen molar-refractivity contribution in [3.8, 4) is 0 Å². The van der Waals surface area contributed by atoms with Crippen LogP contribution in [-0.2, 0) is 0 Å². The Bertz CT molecular complexity index is 542. The first-order valence-electron chi connectivity index (χ1n) is 8.00. The Balaban J connectivity index is 1.71. The first-order valence-corrected chi connectivity index (χ1v) is 8.38. The molecule has 2 N–H and O–H groups in total. The molecule has 22 heavy (non-hydrogen) atoms. The van der Waals surface area contributed by atoms with Crippen molar-refractivity contribution in [1.82, 2.24) is 0 Å². The molecule has 0 bridgehead atoms. The molecular formula is C18H25ClN2O. The van der Waals surface area contributed by atoms with Crippen LogP contribution in [0, 0.1) is 0 Å². The van der Waals surface area contributed by atoms with Gasteiger partial charge in [-0.3, -0.25) is 0 Å². The van der Waals surface area contributed by atoms with Gasteiger partial charge in [0.15, 0.2) is 5.88 Å². The lowest BCUT2D eigenvalue weighted by molar-refractivity contribution is 0.524. The number of hydrogen-bond donors (Lipinski definition) is 2. The molecule has 2 rings (SSSR count). The Morgan fingerprint density at radius 3 is 2.59 bits per heavy atom. The molecule has 4 heteroatoms. The van der Waals surface area contributed by atoms with Gasteiger partial charge in [-0.1, -0.05) is 30.7 Å². The highest BCUT2D eigenvalue weighted by molar-refractivity contribution is 6.33. The first kappa shape index (κ1) is 16.8. The van der Waals surface area contributed by atoms with Gasteiger partial charge >= 0.3 is 0 Å². The smallest absolute Gasteiger partial charge is 0.192 e. The second kappa shape index (κ2) is 8.74. The van der Waals surface area contributed by atoms with Crippen LogP contribution in [0.25, 0.3) is 0 Å². The van der Waals surface area contributed by atoms with Crippen molar-refractivity contribution in [2.45, 2.75) is 51.6 Å². The van der Waals surface area contributed by atoms with Gasteiger partial charge in [-0.25, -0.2) is 0 Å². The molecule has 120 valence electrons. The van der Waals surface area contributed by atoms with E-state index in [0.717, 1.165) is 42.3 Å². The van der Waals surface area contributed by atoms with Crippen LogP contribution in [0.15, 0.2) is 47.1 Å². The van der Waals surface area contributed by atoms with Gasteiger partial charge < -0.3 is 15.1 Å². The van der Waals surface area contributed by atoms with Gasteiger partial charge in [0.25, 0.3) is 0 Å². The summed E-state index contributed by atoms with van der Waals surface area (Å²) in [7, 11) is 0. The summed E-state index contributed by atoms with van der Waals surface area (Å²) in [6.07, 6.45) is 6.19. The minimum Gasteiger partial charge on any atom is -0.449 e. The van der Waals surface area contributed by atoms with E-state index in [-0.39, 0.29) is 0 Å². The second-order valence-corrected chi connectivity index (χ2v) is 6.09. The summed E-state index contributed by atoms with van der Waals surface area (Å²) in [4.78, 5) is 0. The average Bonchev–Trinajstić information content (AvgIpc) is 3.01. The molecule has 0 aliphatic rings. The topological polar surface area (TPSA) is 37.2 Å². The van der Waals surface area contributed by atoms with Gasteiger partial charge in [-0.05, 0) is 50.8 Å². The molecule has 0 aliphatic heterocycles. The van der Waals surface area contributed by atoms with E-state index >= 15 is 0 Å². The van der Waals surface area contributed by atoms with E-state index in [2.05, 4.69) is 24.5 Å². The Labute approximate surface area is 138 Å². The highest BCUT2D eigenvalue weighted by atomic mass is 35.5. The number of furan rings is 1. The summed E-state index contributed by atoms with van der Waals surface area (Å²) < 4.78 is 5.35. The monoisotopic (exact) mass is 320 g/mol. The van der Waals surface area contributed by atoms with Crippen molar-refractivity contribution in [2.75, 3.05) is 10.6 Å². The van der Waals surface area contributed by atoms with Gasteiger partial charge in [0.05, 0.1) is 17.0 Å². The lowest BCUT2D eigenvalue weighted by Gasteiger charge is -2.19. The van der Waals surface area contributed by atoms with Crippen molar-refractivity contribution in [3.05, 3.63) is 47.7 Å². The fraction of sp³-hybridized carbons (Fsp3) is 0.444. The van der Waals surface area contributed by atoms with E-state index in [1.165, 1.54) is 0 Å². The molecule has 0 saturated heterocycles. The standard InChI is InChI=1S/C18H25ClN2O/c1-3-15(21-18-12-7-13-22-18)9-6-8-14(2)20-17-11-5-4-10-16(17)19/h4-5,7,10-15,20-21H,3,6,8-9H2,1-2H3. The molecule has 1 aromatic heterocycles.